The maximum atomic E-state index is 12.0. The van der Waals surface area contributed by atoms with Gasteiger partial charge in [0.15, 0.2) is 0 Å². The van der Waals surface area contributed by atoms with Gasteiger partial charge in [0.1, 0.15) is 9.53 Å². The van der Waals surface area contributed by atoms with Crippen LogP contribution >= 0.6 is 22.6 Å². The smallest absolute Gasteiger partial charge is 0.277 e. The van der Waals surface area contributed by atoms with Crippen LogP contribution in [0.2, 0.25) is 0 Å². The van der Waals surface area contributed by atoms with E-state index in [0.717, 1.165) is 4.57 Å². The van der Waals surface area contributed by atoms with E-state index in [1.807, 2.05) is 22.6 Å². The van der Waals surface area contributed by atoms with E-state index < -0.39 is 6.55 Å². The third-order valence-corrected chi connectivity index (χ3v) is 1.62. The van der Waals surface area contributed by atoms with Crippen LogP contribution in [0.1, 0.15) is 12.4 Å². The molecule has 2 nitrogen and oxygen atoms in total. The van der Waals surface area contributed by atoms with Gasteiger partial charge in [-0.05, 0) is 29.5 Å². The number of aryl methyl sites for hydroxylation is 1. The average molecular weight is 258 g/mol. The first-order valence-electron chi connectivity index (χ1n) is 2.60. The fourth-order valence-electron chi connectivity index (χ4n) is 0.647. The molecule has 0 bridgehead atoms. The molecule has 1 aromatic heterocycles. The number of imidazole rings is 1. The van der Waals surface area contributed by atoms with Gasteiger partial charge in [0.2, 0.25) is 0 Å². The highest BCUT2D eigenvalue weighted by Gasteiger charge is 2.09. The normalized spacial score (nSPS) is 10.9. The van der Waals surface area contributed by atoms with Crippen LogP contribution in [0.4, 0.5) is 8.78 Å². The second-order valence-electron chi connectivity index (χ2n) is 1.80. The number of rotatable bonds is 1. The van der Waals surface area contributed by atoms with Crippen LogP contribution in [0.25, 0.3) is 0 Å². The van der Waals surface area contributed by atoms with E-state index in [9.17, 15) is 8.78 Å². The van der Waals surface area contributed by atoms with Crippen LogP contribution < -0.4 is 0 Å². The average Bonchev–Trinajstić information content (AvgIpc) is 2.10. The molecular weight excluding hydrogens is 253 g/mol. The number of hydrogen-bond acceptors (Lipinski definition) is 1. The summed E-state index contributed by atoms with van der Waals surface area (Å²) in [5, 5.41) is 0. The molecule has 0 radical (unpaired) electrons. The van der Waals surface area contributed by atoms with Crippen molar-refractivity contribution in [3.05, 3.63) is 15.7 Å². The third-order valence-electron chi connectivity index (χ3n) is 1.10. The Kier molecular flexibility index (Phi) is 2.22. The molecule has 0 aliphatic carbocycles. The first kappa shape index (κ1) is 7.90. The Morgan fingerprint density at radius 3 is 2.50 bits per heavy atom. The molecule has 0 atom stereocenters. The van der Waals surface area contributed by atoms with Crippen LogP contribution in [-0.2, 0) is 0 Å². The predicted molar refractivity (Wildman–Crippen MR) is 40.9 cm³/mol. The fraction of sp³-hybridized carbons (Fsp3) is 0.400. The zero-order valence-corrected chi connectivity index (χ0v) is 7.34. The van der Waals surface area contributed by atoms with Crippen LogP contribution in [0, 0.1) is 10.6 Å². The number of halogens is 3. The first-order valence-corrected chi connectivity index (χ1v) is 3.68. The van der Waals surface area contributed by atoms with E-state index in [1.54, 1.807) is 6.92 Å². The maximum Gasteiger partial charge on any atom is 0.319 e. The molecule has 0 spiro atoms. The summed E-state index contributed by atoms with van der Waals surface area (Å²) in [6.45, 7) is -0.926. The lowest BCUT2D eigenvalue weighted by molar-refractivity contribution is 0.0679. The van der Waals surface area contributed by atoms with Gasteiger partial charge in [0, 0.05) is 6.20 Å². The van der Waals surface area contributed by atoms with Crippen molar-refractivity contribution < 1.29 is 8.78 Å². The summed E-state index contributed by atoms with van der Waals surface area (Å²) < 4.78 is 25.3. The molecule has 1 heterocycles. The largest absolute Gasteiger partial charge is 0.319 e. The Hall–Kier alpha value is -0.200. The monoisotopic (exact) mass is 258 g/mol. The molecule has 0 N–H and O–H groups in total. The van der Waals surface area contributed by atoms with E-state index in [0.29, 0.717) is 9.53 Å². The molecular formula is C5H5F2IN2. The highest BCUT2D eigenvalue weighted by molar-refractivity contribution is 14.1. The van der Waals surface area contributed by atoms with Crippen molar-refractivity contribution in [2.45, 2.75) is 13.5 Å². The standard InChI is InChI=1S/C5H5F2IN2/c1-3-9-4(8)2-10(3)5(6)7/h2,5H,1H3. The summed E-state index contributed by atoms with van der Waals surface area (Å²) in [6, 6.07) is 0. The van der Waals surface area contributed by atoms with Crippen molar-refractivity contribution >= 4 is 22.6 Å². The molecule has 0 aliphatic heterocycles. The van der Waals surface area contributed by atoms with Gasteiger partial charge < -0.3 is 0 Å². The van der Waals surface area contributed by atoms with E-state index in [2.05, 4.69) is 4.98 Å². The summed E-state index contributed by atoms with van der Waals surface area (Å²) >= 11 is 1.89. The molecule has 0 saturated carbocycles. The Morgan fingerprint density at radius 1 is 1.70 bits per heavy atom. The van der Waals surface area contributed by atoms with E-state index in [1.165, 1.54) is 6.20 Å². The number of nitrogens with zero attached hydrogens (tertiary/aromatic N) is 2. The van der Waals surface area contributed by atoms with Crippen molar-refractivity contribution in [2.75, 3.05) is 0 Å². The van der Waals surface area contributed by atoms with Gasteiger partial charge >= 0.3 is 6.55 Å². The molecule has 0 aromatic carbocycles. The lowest BCUT2D eigenvalue weighted by atomic mass is 10.7. The third kappa shape index (κ3) is 1.44. The van der Waals surface area contributed by atoms with E-state index in [-0.39, 0.29) is 0 Å². The van der Waals surface area contributed by atoms with Gasteiger partial charge in [-0.2, -0.15) is 8.78 Å². The second kappa shape index (κ2) is 2.81. The van der Waals surface area contributed by atoms with Crippen molar-refractivity contribution in [1.82, 2.24) is 9.55 Å². The Balaban J connectivity index is 3.03. The lowest BCUT2D eigenvalue weighted by Gasteiger charge is -1.99. The Bertz CT molecular complexity index is 234. The highest BCUT2D eigenvalue weighted by atomic mass is 127. The maximum absolute atomic E-state index is 12.0. The molecule has 0 amide bonds. The molecule has 10 heavy (non-hydrogen) atoms. The van der Waals surface area contributed by atoms with Gasteiger partial charge in [-0.1, -0.05) is 0 Å². The number of hydrogen-bond donors (Lipinski definition) is 0. The Morgan fingerprint density at radius 2 is 2.30 bits per heavy atom. The van der Waals surface area contributed by atoms with Crippen LogP contribution in [0.5, 0.6) is 0 Å². The van der Waals surface area contributed by atoms with Gasteiger partial charge in [0.25, 0.3) is 0 Å². The quantitative estimate of drug-likeness (QED) is 0.706. The number of alkyl halides is 2. The van der Waals surface area contributed by atoms with E-state index >= 15 is 0 Å². The van der Waals surface area contributed by atoms with Gasteiger partial charge in [-0.25, -0.2) is 4.98 Å². The summed E-state index contributed by atoms with van der Waals surface area (Å²) in [5.74, 6) is 0.347. The summed E-state index contributed by atoms with van der Waals surface area (Å²) in [5.41, 5.74) is 0. The zero-order chi connectivity index (χ0) is 7.72. The fourth-order valence-corrected chi connectivity index (χ4v) is 1.30. The zero-order valence-electron chi connectivity index (χ0n) is 5.18. The molecule has 56 valence electrons. The van der Waals surface area contributed by atoms with Crippen LogP contribution in [-0.4, -0.2) is 9.55 Å². The lowest BCUT2D eigenvalue weighted by Crippen LogP contribution is -1.98. The topological polar surface area (TPSA) is 17.8 Å². The second-order valence-corrected chi connectivity index (χ2v) is 2.90. The minimum absolute atomic E-state index is 0.347. The SMILES string of the molecule is Cc1nc(I)cn1C(F)F. The van der Waals surface area contributed by atoms with Crippen molar-refractivity contribution in [1.29, 1.82) is 0 Å². The van der Waals surface area contributed by atoms with Crippen LogP contribution in [0.15, 0.2) is 6.20 Å². The van der Waals surface area contributed by atoms with Gasteiger partial charge in [-0.15, -0.1) is 0 Å². The highest BCUT2D eigenvalue weighted by Crippen LogP contribution is 2.14. The minimum atomic E-state index is -2.48. The summed E-state index contributed by atoms with van der Waals surface area (Å²) in [7, 11) is 0. The first-order chi connectivity index (χ1) is 4.61. The minimum Gasteiger partial charge on any atom is -0.277 e. The van der Waals surface area contributed by atoms with E-state index in [4.69, 9.17) is 0 Å². The van der Waals surface area contributed by atoms with Crippen molar-refractivity contribution in [2.24, 2.45) is 0 Å². The van der Waals surface area contributed by atoms with Crippen LogP contribution in [0.3, 0.4) is 0 Å². The van der Waals surface area contributed by atoms with Crippen molar-refractivity contribution in [3.8, 4) is 0 Å². The Labute approximate surface area is 70.4 Å². The molecule has 0 fully saturated rings. The summed E-state index contributed by atoms with van der Waals surface area (Å²) in [6.07, 6.45) is 1.32. The molecule has 1 rings (SSSR count). The van der Waals surface area contributed by atoms with Gasteiger partial charge in [0.05, 0.1) is 0 Å². The molecule has 1 aromatic rings. The number of aromatic nitrogens is 2. The molecule has 0 saturated heterocycles. The predicted octanol–water partition coefficient (Wildman–Crippen LogP) is 2.19. The molecule has 0 aliphatic rings. The van der Waals surface area contributed by atoms with Crippen molar-refractivity contribution in [3.63, 3.8) is 0 Å². The summed E-state index contributed by atoms with van der Waals surface area (Å²) in [4.78, 5) is 3.80. The molecule has 5 heteroatoms. The molecule has 0 unspecified atom stereocenters. The van der Waals surface area contributed by atoms with Gasteiger partial charge in [-0.3, -0.25) is 4.57 Å².